The molecule has 4 rings (SSSR count). The molecule has 1 aliphatic heterocycles. The first-order valence-electron chi connectivity index (χ1n) is 7.55. The Hall–Kier alpha value is -1.48. The van der Waals surface area contributed by atoms with E-state index in [-0.39, 0.29) is 5.82 Å². The van der Waals surface area contributed by atoms with Crippen LogP contribution in [0.5, 0.6) is 0 Å². The summed E-state index contributed by atoms with van der Waals surface area (Å²) in [5.74, 6) is 0.384. The molecule has 2 heterocycles. The van der Waals surface area contributed by atoms with Gasteiger partial charge in [0.05, 0.1) is 5.52 Å². The van der Waals surface area contributed by atoms with Crippen molar-refractivity contribution in [2.45, 2.75) is 43.6 Å². The lowest BCUT2D eigenvalue weighted by atomic mass is 9.69. The first-order chi connectivity index (χ1) is 9.76. The van der Waals surface area contributed by atoms with Gasteiger partial charge in [0.25, 0.3) is 0 Å². The Labute approximate surface area is 118 Å². The molecule has 2 nitrogen and oxygen atoms in total. The molecule has 104 valence electrons. The van der Waals surface area contributed by atoms with E-state index in [4.69, 9.17) is 0 Å². The standard InChI is InChI=1S/C17H19FN2/c18-13-1-2-16-15(11-13)14(5-9-19-16)12-3-6-17(7-4-12)8-10-20-17/h1-2,5,9,11-12,20H,3-4,6-8,10H2. The molecule has 1 aliphatic carbocycles. The van der Waals surface area contributed by atoms with Crippen molar-refractivity contribution < 1.29 is 4.39 Å². The number of benzene rings is 1. The topological polar surface area (TPSA) is 24.9 Å². The average molecular weight is 270 g/mol. The summed E-state index contributed by atoms with van der Waals surface area (Å²) in [6, 6.07) is 7.00. The van der Waals surface area contributed by atoms with Crippen molar-refractivity contribution in [3.8, 4) is 0 Å². The number of nitrogens with zero attached hydrogens (tertiary/aromatic N) is 1. The van der Waals surface area contributed by atoms with Crippen LogP contribution in [0.25, 0.3) is 10.9 Å². The zero-order valence-corrected chi connectivity index (χ0v) is 11.5. The summed E-state index contributed by atoms with van der Waals surface area (Å²) < 4.78 is 13.5. The number of hydrogen-bond donors (Lipinski definition) is 1. The van der Waals surface area contributed by atoms with E-state index >= 15 is 0 Å². The molecule has 0 atom stereocenters. The van der Waals surface area contributed by atoms with Crippen LogP contribution in [0.15, 0.2) is 30.5 Å². The molecular formula is C17H19FN2. The van der Waals surface area contributed by atoms with Gasteiger partial charge in [-0.1, -0.05) is 0 Å². The van der Waals surface area contributed by atoms with E-state index < -0.39 is 0 Å². The van der Waals surface area contributed by atoms with Gasteiger partial charge in [0.15, 0.2) is 0 Å². The number of pyridine rings is 1. The van der Waals surface area contributed by atoms with E-state index in [1.807, 2.05) is 6.20 Å². The van der Waals surface area contributed by atoms with E-state index in [9.17, 15) is 4.39 Å². The molecule has 0 amide bonds. The molecule has 1 saturated heterocycles. The van der Waals surface area contributed by atoms with Gasteiger partial charge in [-0.2, -0.15) is 0 Å². The van der Waals surface area contributed by atoms with E-state index in [0.717, 1.165) is 10.9 Å². The third kappa shape index (κ3) is 1.92. The van der Waals surface area contributed by atoms with Crippen molar-refractivity contribution in [1.29, 1.82) is 0 Å². The van der Waals surface area contributed by atoms with Crippen molar-refractivity contribution in [1.82, 2.24) is 10.3 Å². The molecule has 0 bridgehead atoms. The third-order valence-electron chi connectivity index (χ3n) is 5.22. The Bertz CT molecular complexity index is 638. The van der Waals surface area contributed by atoms with Crippen LogP contribution in [-0.4, -0.2) is 17.1 Å². The molecular weight excluding hydrogens is 251 g/mol. The summed E-state index contributed by atoms with van der Waals surface area (Å²) in [4.78, 5) is 4.35. The number of aromatic nitrogens is 1. The second-order valence-corrected chi connectivity index (χ2v) is 6.29. The van der Waals surface area contributed by atoms with Gasteiger partial charge in [0.1, 0.15) is 5.82 Å². The maximum absolute atomic E-state index is 13.5. The monoisotopic (exact) mass is 270 g/mol. The van der Waals surface area contributed by atoms with Crippen LogP contribution in [0.4, 0.5) is 4.39 Å². The van der Waals surface area contributed by atoms with Gasteiger partial charge < -0.3 is 5.32 Å². The molecule has 0 radical (unpaired) electrons. The van der Waals surface area contributed by atoms with Gasteiger partial charge in [0.2, 0.25) is 0 Å². The maximum atomic E-state index is 13.5. The molecule has 1 N–H and O–H groups in total. The maximum Gasteiger partial charge on any atom is 0.123 e. The highest BCUT2D eigenvalue weighted by Gasteiger charge is 2.40. The predicted molar refractivity (Wildman–Crippen MR) is 78.3 cm³/mol. The summed E-state index contributed by atoms with van der Waals surface area (Å²) in [6.07, 6.45) is 8.08. The Morgan fingerprint density at radius 3 is 2.65 bits per heavy atom. The molecule has 1 spiro atoms. The summed E-state index contributed by atoms with van der Waals surface area (Å²) >= 11 is 0. The first kappa shape index (κ1) is 12.3. The Morgan fingerprint density at radius 2 is 1.95 bits per heavy atom. The average Bonchev–Trinajstić information content (AvgIpc) is 2.45. The van der Waals surface area contributed by atoms with Crippen LogP contribution in [0, 0.1) is 5.82 Å². The summed E-state index contributed by atoms with van der Waals surface area (Å²) in [5, 5.41) is 4.60. The number of rotatable bonds is 1. The zero-order valence-electron chi connectivity index (χ0n) is 11.5. The Morgan fingerprint density at radius 1 is 1.15 bits per heavy atom. The van der Waals surface area contributed by atoms with Crippen LogP contribution in [0.2, 0.25) is 0 Å². The molecule has 2 fully saturated rings. The van der Waals surface area contributed by atoms with Gasteiger partial charge in [-0.05, 0) is 74.4 Å². The van der Waals surface area contributed by atoms with E-state index in [2.05, 4.69) is 16.4 Å². The highest BCUT2D eigenvalue weighted by atomic mass is 19.1. The zero-order chi connectivity index (χ0) is 13.6. The van der Waals surface area contributed by atoms with Crippen LogP contribution >= 0.6 is 0 Å². The molecule has 3 heteroatoms. The smallest absolute Gasteiger partial charge is 0.123 e. The molecule has 1 saturated carbocycles. The van der Waals surface area contributed by atoms with Gasteiger partial charge in [-0.15, -0.1) is 0 Å². The van der Waals surface area contributed by atoms with E-state index in [0.29, 0.717) is 11.5 Å². The van der Waals surface area contributed by atoms with Crippen LogP contribution in [-0.2, 0) is 0 Å². The number of halogens is 1. The summed E-state index contributed by atoms with van der Waals surface area (Å²) in [5.41, 5.74) is 2.62. The number of hydrogen-bond acceptors (Lipinski definition) is 2. The number of fused-ring (bicyclic) bond motifs is 1. The van der Waals surface area contributed by atoms with Gasteiger partial charge in [-0.25, -0.2) is 4.39 Å². The van der Waals surface area contributed by atoms with Crippen molar-refractivity contribution in [3.05, 3.63) is 41.8 Å². The fraction of sp³-hybridized carbons (Fsp3) is 0.471. The van der Waals surface area contributed by atoms with Crippen LogP contribution in [0.3, 0.4) is 0 Å². The van der Waals surface area contributed by atoms with E-state index in [1.165, 1.54) is 50.3 Å². The SMILES string of the molecule is Fc1ccc2nccc(C3CCC4(CCN4)CC3)c2c1. The normalized spacial score (nSPS) is 29.6. The third-order valence-corrected chi connectivity index (χ3v) is 5.22. The molecule has 1 aromatic heterocycles. The number of nitrogens with one attached hydrogen (secondary N) is 1. The predicted octanol–water partition coefficient (Wildman–Crippen LogP) is 3.76. The largest absolute Gasteiger partial charge is 0.311 e. The Balaban J connectivity index is 1.67. The lowest BCUT2D eigenvalue weighted by molar-refractivity contribution is 0.134. The second kappa shape index (κ2) is 4.52. The second-order valence-electron chi connectivity index (χ2n) is 6.29. The lowest BCUT2D eigenvalue weighted by Crippen LogP contribution is -2.58. The van der Waals surface area contributed by atoms with Crippen LogP contribution < -0.4 is 5.32 Å². The molecule has 2 aliphatic rings. The fourth-order valence-electron chi connectivity index (χ4n) is 3.88. The van der Waals surface area contributed by atoms with E-state index in [1.54, 1.807) is 12.1 Å². The quantitative estimate of drug-likeness (QED) is 0.853. The molecule has 0 unspecified atom stereocenters. The minimum Gasteiger partial charge on any atom is -0.311 e. The van der Waals surface area contributed by atoms with Crippen molar-refractivity contribution in [2.75, 3.05) is 6.54 Å². The van der Waals surface area contributed by atoms with Crippen LogP contribution in [0.1, 0.15) is 43.6 Å². The highest BCUT2D eigenvalue weighted by Crippen LogP contribution is 2.43. The van der Waals surface area contributed by atoms with Gasteiger partial charge in [0, 0.05) is 17.1 Å². The molecule has 2 aromatic rings. The molecule has 1 aromatic carbocycles. The van der Waals surface area contributed by atoms with Crippen molar-refractivity contribution in [3.63, 3.8) is 0 Å². The summed E-state index contributed by atoms with van der Waals surface area (Å²) in [7, 11) is 0. The van der Waals surface area contributed by atoms with Gasteiger partial charge in [-0.3, -0.25) is 4.98 Å². The fourth-order valence-corrected chi connectivity index (χ4v) is 3.88. The molecule has 20 heavy (non-hydrogen) atoms. The van der Waals surface area contributed by atoms with Gasteiger partial charge >= 0.3 is 0 Å². The lowest BCUT2D eigenvalue weighted by Gasteiger charge is -2.48. The first-order valence-corrected chi connectivity index (χ1v) is 7.55. The minimum absolute atomic E-state index is 0.167. The highest BCUT2D eigenvalue weighted by molar-refractivity contribution is 5.82. The van der Waals surface area contributed by atoms with Crippen molar-refractivity contribution in [2.24, 2.45) is 0 Å². The minimum atomic E-state index is -0.167. The Kier molecular flexibility index (Phi) is 2.77. The summed E-state index contributed by atoms with van der Waals surface area (Å²) in [6.45, 7) is 1.17. The van der Waals surface area contributed by atoms with Crippen molar-refractivity contribution >= 4 is 10.9 Å².